The standard InChI is InChI=1S/C19H19N5O2/c1-14(11-24-13-20-12-21-24)22-19(26)23-17-9-5-8-16(10-17)18(25)15-6-3-2-4-7-15/h2-10,12-14H,11H2,1H3,(H2,22,23,26)/t14-/m0/s1. The molecule has 0 bridgehead atoms. The molecule has 1 atom stereocenters. The third kappa shape index (κ3) is 4.54. The Morgan fingerprint density at radius 1 is 1.08 bits per heavy atom. The third-order valence-corrected chi connectivity index (χ3v) is 3.72. The largest absolute Gasteiger partial charge is 0.334 e. The Hall–Kier alpha value is -3.48. The summed E-state index contributed by atoms with van der Waals surface area (Å²) in [5.41, 5.74) is 1.68. The zero-order chi connectivity index (χ0) is 18.4. The average molecular weight is 349 g/mol. The summed E-state index contributed by atoms with van der Waals surface area (Å²) >= 11 is 0. The van der Waals surface area contributed by atoms with Crippen molar-refractivity contribution in [1.29, 1.82) is 0 Å². The molecule has 0 spiro atoms. The van der Waals surface area contributed by atoms with Crippen molar-refractivity contribution < 1.29 is 9.59 Å². The van der Waals surface area contributed by atoms with Crippen molar-refractivity contribution >= 4 is 17.5 Å². The lowest BCUT2D eigenvalue weighted by molar-refractivity contribution is 0.103. The van der Waals surface area contributed by atoms with E-state index in [1.807, 2.05) is 25.1 Å². The fourth-order valence-corrected chi connectivity index (χ4v) is 2.54. The van der Waals surface area contributed by atoms with Crippen LogP contribution in [0.15, 0.2) is 67.3 Å². The molecule has 2 amide bonds. The summed E-state index contributed by atoms with van der Waals surface area (Å²) in [7, 11) is 0. The summed E-state index contributed by atoms with van der Waals surface area (Å²) in [5, 5.41) is 9.58. The number of amides is 2. The quantitative estimate of drug-likeness (QED) is 0.670. The summed E-state index contributed by atoms with van der Waals surface area (Å²) in [6.45, 7) is 2.39. The molecule has 0 aliphatic rings. The highest BCUT2D eigenvalue weighted by molar-refractivity contribution is 6.09. The first kappa shape index (κ1) is 17.3. The maximum absolute atomic E-state index is 12.5. The van der Waals surface area contributed by atoms with Crippen molar-refractivity contribution in [2.24, 2.45) is 0 Å². The Balaban J connectivity index is 1.61. The van der Waals surface area contributed by atoms with E-state index in [1.165, 1.54) is 6.33 Å². The lowest BCUT2D eigenvalue weighted by Crippen LogP contribution is -2.38. The van der Waals surface area contributed by atoms with Crippen LogP contribution in [0.1, 0.15) is 22.8 Å². The van der Waals surface area contributed by atoms with E-state index in [1.54, 1.807) is 47.4 Å². The van der Waals surface area contributed by atoms with Crippen molar-refractivity contribution in [2.45, 2.75) is 19.5 Å². The third-order valence-electron chi connectivity index (χ3n) is 3.72. The number of nitrogens with zero attached hydrogens (tertiary/aromatic N) is 3. The Morgan fingerprint density at radius 2 is 1.85 bits per heavy atom. The number of rotatable bonds is 6. The van der Waals surface area contributed by atoms with E-state index in [0.717, 1.165) is 0 Å². The molecule has 3 aromatic rings. The second-order valence-electron chi connectivity index (χ2n) is 5.89. The van der Waals surface area contributed by atoms with Gasteiger partial charge in [0.05, 0.1) is 6.54 Å². The predicted octanol–water partition coefficient (Wildman–Crippen LogP) is 2.72. The Labute approximate surface area is 151 Å². The molecule has 0 saturated carbocycles. The van der Waals surface area contributed by atoms with Crippen molar-refractivity contribution in [1.82, 2.24) is 20.1 Å². The zero-order valence-electron chi connectivity index (χ0n) is 14.3. The number of aromatic nitrogens is 3. The second kappa shape index (κ2) is 8.06. The average Bonchev–Trinajstić information content (AvgIpc) is 3.14. The molecule has 26 heavy (non-hydrogen) atoms. The van der Waals surface area contributed by atoms with Crippen LogP contribution in [0.4, 0.5) is 10.5 Å². The molecular formula is C19H19N5O2. The van der Waals surface area contributed by atoms with E-state index < -0.39 is 0 Å². The van der Waals surface area contributed by atoms with Gasteiger partial charge < -0.3 is 10.6 Å². The molecule has 0 aliphatic carbocycles. The summed E-state index contributed by atoms with van der Waals surface area (Å²) in [6, 6.07) is 15.4. The van der Waals surface area contributed by atoms with Gasteiger partial charge in [0.2, 0.25) is 0 Å². The minimum atomic E-state index is -0.345. The van der Waals surface area contributed by atoms with E-state index in [9.17, 15) is 9.59 Å². The van der Waals surface area contributed by atoms with Gasteiger partial charge in [-0.05, 0) is 19.1 Å². The zero-order valence-corrected chi connectivity index (χ0v) is 14.3. The van der Waals surface area contributed by atoms with Crippen molar-refractivity contribution in [3.8, 4) is 0 Å². The number of hydrogen-bond acceptors (Lipinski definition) is 4. The molecule has 0 aliphatic heterocycles. The Morgan fingerprint density at radius 3 is 2.58 bits per heavy atom. The van der Waals surface area contributed by atoms with Crippen LogP contribution in [0, 0.1) is 0 Å². The number of nitrogens with one attached hydrogen (secondary N) is 2. The first-order valence-electron chi connectivity index (χ1n) is 8.21. The smallest absolute Gasteiger partial charge is 0.319 e. The number of carbonyl (C=O) groups excluding carboxylic acids is 2. The van der Waals surface area contributed by atoms with E-state index in [2.05, 4.69) is 20.7 Å². The van der Waals surface area contributed by atoms with Crippen LogP contribution in [0.2, 0.25) is 0 Å². The first-order valence-corrected chi connectivity index (χ1v) is 8.21. The highest BCUT2D eigenvalue weighted by Crippen LogP contribution is 2.15. The summed E-state index contributed by atoms with van der Waals surface area (Å²) in [5.74, 6) is -0.0887. The molecule has 7 heteroatoms. The molecule has 1 aromatic heterocycles. The number of benzene rings is 2. The molecule has 7 nitrogen and oxygen atoms in total. The molecule has 132 valence electrons. The van der Waals surface area contributed by atoms with Gasteiger partial charge in [-0.2, -0.15) is 5.10 Å². The summed E-state index contributed by atoms with van der Waals surface area (Å²) < 4.78 is 1.64. The van der Waals surface area contributed by atoms with Crippen molar-refractivity contribution in [3.05, 3.63) is 78.4 Å². The van der Waals surface area contributed by atoms with Gasteiger partial charge in [-0.25, -0.2) is 9.78 Å². The summed E-state index contributed by atoms with van der Waals surface area (Å²) in [4.78, 5) is 28.5. The normalized spacial score (nSPS) is 11.6. The fraction of sp³-hybridized carbons (Fsp3) is 0.158. The molecule has 0 unspecified atom stereocenters. The Kier molecular flexibility index (Phi) is 5.38. The lowest BCUT2D eigenvalue weighted by atomic mass is 10.0. The van der Waals surface area contributed by atoms with E-state index >= 15 is 0 Å². The van der Waals surface area contributed by atoms with Gasteiger partial charge in [-0.15, -0.1) is 0 Å². The molecule has 2 N–H and O–H groups in total. The van der Waals surface area contributed by atoms with Crippen LogP contribution in [-0.4, -0.2) is 32.6 Å². The minimum absolute atomic E-state index is 0.0887. The van der Waals surface area contributed by atoms with E-state index in [0.29, 0.717) is 23.4 Å². The number of anilines is 1. The molecular weight excluding hydrogens is 330 g/mol. The second-order valence-corrected chi connectivity index (χ2v) is 5.89. The number of urea groups is 1. The summed E-state index contributed by atoms with van der Waals surface area (Å²) in [6.07, 6.45) is 3.04. The number of hydrogen-bond donors (Lipinski definition) is 2. The van der Waals surface area contributed by atoms with Crippen LogP contribution in [0.3, 0.4) is 0 Å². The molecule has 0 fully saturated rings. The van der Waals surface area contributed by atoms with Gasteiger partial charge >= 0.3 is 6.03 Å². The maximum atomic E-state index is 12.5. The first-order chi connectivity index (χ1) is 12.6. The van der Waals surface area contributed by atoms with Gasteiger partial charge in [-0.3, -0.25) is 9.48 Å². The van der Waals surface area contributed by atoms with E-state index in [4.69, 9.17) is 0 Å². The molecule has 0 radical (unpaired) electrons. The molecule has 1 heterocycles. The minimum Gasteiger partial charge on any atom is -0.334 e. The van der Waals surface area contributed by atoms with Crippen molar-refractivity contribution in [3.63, 3.8) is 0 Å². The highest BCUT2D eigenvalue weighted by atomic mass is 16.2. The monoisotopic (exact) mass is 349 g/mol. The molecule has 0 saturated heterocycles. The van der Waals surface area contributed by atoms with Crippen LogP contribution in [-0.2, 0) is 6.54 Å². The van der Waals surface area contributed by atoms with Gasteiger partial charge in [0.25, 0.3) is 0 Å². The van der Waals surface area contributed by atoms with Crippen LogP contribution >= 0.6 is 0 Å². The van der Waals surface area contributed by atoms with Gasteiger partial charge in [0.15, 0.2) is 5.78 Å². The van der Waals surface area contributed by atoms with Gasteiger partial charge in [-0.1, -0.05) is 42.5 Å². The molecule has 3 rings (SSSR count). The lowest BCUT2D eigenvalue weighted by Gasteiger charge is -2.14. The molecule has 2 aromatic carbocycles. The topological polar surface area (TPSA) is 88.9 Å². The van der Waals surface area contributed by atoms with Gasteiger partial charge in [0, 0.05) is 22.9 Å². The van der Waals surface area contributed by atoms with Crippen LogP contribution < -0.4 is 10.6 Å². The maximum Gasteiger partial charge on any atom is 0.319 e. The van der Waals surface area contributed by atoms with E-state index in [-0.39, 0.29) is 17.9 Å². The highest BCUT2D eigenvalue weighted by Gasteiger charge is 2.11. The van der Waals surface area contributed by atoms with Crippen LogP contribution in [0.5, 0.6) is 0 Å². The van der Waals surface area contributed by atoms with Crippen LogP contribution in [0.25, 0.3) is 0 Å². The predicted molar refractivity (Wildman–Crippen MR) is 98.0 cm³/mol. The fourth-order valence-electron chi connectivity index (χ4n) is 2.54. The number of carbonyl (C=O) groups is 2. The van der Waals surface area contributed by atoms with Crippen molar-refractivity contribution in [2.75, 3.05) is 5.32 Å². The SMILES string of the molecule is C[C@@H](Cn1cncn1)NC(=O)Nc1cccc(C(=O)c2ccccc2)c1. The van der Waals surface area contributed by atoms with Gasteiger partial charge in [0.1, 0.15) is 12.7 Å². The Bertz CT molecular complexity index is 878. The number of ketones is 1.